The highest BCUT2D eigenvalue weighted by Gasteiger charge is 2.38. The second-order valence-corrected chi connectivity index (χ2v) is 4.21. The molecule has 0 spiro atoms. The number of hydrogen-bond donors (Lipinski definition) is 4. The van der Waals surface area contributed by atoms with Crippen molar-refractivity contribution < 1.29 is 20.1 Å². The molecule has 0 saturated heterocycles. The highest BCUT2D eigenvalue weighted by atomic mass is 16.5. The van der Waals surface area contributed by atoms with Gasteiger partial charge in [0.2, 0.25) is 0 Å². The van der Waals surface area contributed by atoms with Gasteiger partial charge in [-0.2, -0.15) is 0 Å². The Labute approximate surface area is 93.9 Å². The molecule has 0 aliphatic heterocycles. The molecule has 16 heavy (non-hydrogen) atoms. The molecule has 90 valence electrons. The monoisotopic (exact) mass is 227 g/mol. The number of carboxylic acid groups (broad SMARTS) is 1. The van der Waals surface area contributed by atoms with Crippen molar-refractivity contribution in [3.05, 3.63) is 23.8 Å². The summed E-state index contributed by atoms with van der Waals surface area (Å²) in [7, 11) is 0. The Bertz CT molecular complexity index is 333. The van der Waals surface area contributed by atoms with Gasteiger partial charge in [0.25, 0.3) is 0 Å². The van der Waals surface area contributed by atoms with Crippen molar-refractivity contribution in [2.45, 2.75) is 31.6 Å². The van der Waals surface area contributed by atoms with E-state index in [1.165, 1.54) is 0 Å². The van der Waals surface area contributed by atoms with E-state index in [2.05, 4.69) is 0 Å². The molecule has 0 bridgehead atoms. The first-order valence-electron chi connectivity index (χ1n) is 5.11. The molecule has 0 aromatic carbocycles. The fourth-order valence-corrected chi connectivity index (χ4v) is 1.78. The standard InChI is InChI=1S/C11H17NO4/c1-7-3-2-4-8(5-7)6-11(15,16)9(12)10(13)14/h2-3,5,8-9,15-16H,4,6,12H2,1H3,(H,13,14). The number of aliphatic hydroxyl groups is 2. The van der Waals surface area contributed by atoms with Crippen molar-refractivity contribution >= 4 is 5.97 Å². The Morgan fingerprint density at radius 1 is 1.69 bits per heavy atom. The molecule has 1 aliphatic carbocycles. The van der Waals surface area contributed by atoms with Gasteiger partial charge in [-0.05, 0) is 19.3 Å². The van der Waals surface area contributed by atoms with Crippen LogP contribution in [-0.4, -0.2) is 33.1 Å². The zero-order chi connectivity index (χ0) is 12.3. The minimum Gasteiger partial charge on any atom is -0.480 e. The Balaban J connectivity index is 2.66. The first kappa shape index (κ1) is 12.9. The minimum absolute atomic E-state index is 0.0812. The van der Waals surface area contributed by atoms with E-state index in [-0.39, 0.29) is 12.3 Å². The third-order valence-electron chi connectivity index (χ3n) is 2.64. The number of nitrogens with two attached hydrogens (primary N) is 1. The summed E-state index contributed by atoms with van der Waals surface area (Å²) in [6.07, 6.45) is 6.32. The Morgan fingerprint density at radius 3 is 2.81 bits per heavy atom. The summed E-state index contributed by atoms with van der Waals surface area (Å²) in [5.74, 6) is -3.89. The molecule has 0 fully saturated rings. The number of aliphatic carboxylic acids is 1. The lowest BCUT2D eigenvalue weighted by Gasteiger charge is -2.29. The molecule has 5 heteroatoms. The highest BCUT2D eigenvalue weighted by Crippen LogP contribution is 2.25. The van der Waals surface area contributed by atoms with Gasteiger partial charge in [-0.25, -0.2) is 0 Å². The van der Waals surface area contributed by atoms with Crippen LogP contribution in [0, 0.1) is 5.92 Å². The summed E-state index contributed by atoms with van der Waals surface area (Å²) in [5, 5.41) is 27.8. The Hall–Kier alpha value is -1.17. The predicted molar refractivity (Wildman–Crippen MR) is 58.4 cm³/mol. The van der Waals surface area contributed by atoms with Crippen LogP contribution in [0.15, 0.2) is 23.8 Å². The molecule has 0 aromatic heterocycles. The molecule has 1 aliphatic rings. The normalized spacial score (nSPS) is 22.8. The molecule has 1 rings (SSSR count). The lowest BCUT2D eigenvalue weighted by Crippen LogP contribution is -2.53. The summed E-state index contributed by atoms with van der Waals surface area (Å²) in [6, 6.07) is -1.69. The SMILES string of the molecule is CC1=CC(CC(O)(O)C(N)C(=O)O)CC=C1. The van der Waals surface area contributed by atoms with Crippen molar-refractivity contribution in [1.29, 1.82) is 0 Å². The molecule has 2 unspecified atom stereocenters. The van der Waals surface area contributed by atoms with Gasteiger partial charge in [-0.1, -0.05) is 23.8 Å². The molecule has 5 nitrogen and oxygen atoms in total. The van der Waals surface area contributed by atoms with Gasteiger partial charge >= 0.3 is 5.97 Å². The van der Waals surface area contributed by atoms with Crippen LogP contribution in [0.5, 0.6) is 0 Å². The topological polar surface area (TPSA) is 104 Å². The largest absolute Gasteiger partial charge is 0.480 e. The number of carbonyl (C=O) groups is 1. The summed E-state index contributed by atoms with van der Waals surface area (Å²) < 4.78 is 0. The van der Waals surface area contributed by atoms with Gasteiger partial charge in [0.05, 0.1) is 0 Å². The summed E-state index contributed by atoms with van der Waals surface area (Å²) in [6.45, 7) is 1.90. The van der Waals surface area contributed by atoms with Crippen LogP contribution in [0.2, 0.25) is 0 Å². The fraction of sp³-hybridized carbons (Fsp3) is 0.545. The Kier molecular flexibility index (Phi) is 3.85. The van der Waals surface area contributed by atoms with Crippen LogP contribution in [0.4, 0.5) is 0 Å². The second-order valence-electron chi connectivity index (χ2n) is 4.21. The van der Waals surface area contributed by atoms with Crippen molar-refractivity contribution in [3.8, 4) is 0 Å². The summed E-state index contributed by atoms with van der Waals surface area (Å²) in [4.78, 5) is 10.6. The van der Waals surface area contributed by atoms with Crippen molar-refractivity contribution in [2.75, 3.05) is 0 Å². The molecule has 0 aromatic rings. The van der Waals surface area contributed by atoms with Crippen molar-refractivity contribution in [3.63, 3.8) is 0 Å². The number of rotatable bonds is 4. The molecule has 0 heterocycles. The highest BCUT2D eigenvalue weighted by molar-refractivity contribution is 5.74. The zero-order valence-corrected chi connectivity index (χ0v) is 9.13. The van der Waals surface area contributed by atoms with Crippen LogP contribution in [-0.2, 0) is 4.79 Å². The van der Waals surface area contributed by atoms with Crippen LogP contribution < -0.4 is 5.73 Å². The van der Waals surface area contributed by atoms with Gasteiger partial charge in [0, 0.05) is 6.42 Å². The molecule has 5 N–H and O–H groups in total. The molecule has 0 radical (unpaired) electrons. The fourth-order valence-electron chi connectivity index (χ4n) is 1.78. The van der Waals surface area contributed by atoms with E-state index < -0.39 is 17.8 Å². The minimum atomic E-state index is -2.38. The van der Waals surface area contributed by atoms with E-state index in [9.17, 15) is 15.0 Å². The maximum absolute atomic E-state index is 10.6. The van der Waals surface area contributed by atoms with Crippen LogP contribution in [0.1, 0.15) is 19.8 Å². The van der Waals surface area contributed by atoms with Crippen molar-refractivity contribution in [1.82, 2.24) is 0 Å². The molecule has 0 saturated carbocycles. The number of hydrogen-bond acceptors (Lipinski definition) is 4. The predicted octanol–water partition coefficient (Wildman–Crippen LogP) is -0.00830. The van der Waals surface area contributed by atoms with E-state index in [1.54, 1.807) is 0 Å². The second kappa shape index (κ2) is 4.78. The van der Waals surface area contributed by atoms with E-state index in [0.29, 0.717) is 6.42 Å². The van der Waals surface area contributed by atoms with E-state index >= 15 is 0 Å². The zero-order valence-electron chi connectivity index (χ0n) is 9.13. The average molecular weight is 227 g/mol. The maximum atomic E-state index is 10.6. The van der Waals surface area contributed by atoms with E-state index in [4.69, 9.17) is 10.8 Å². The summed E-state index contributed by atoms with van der Waals surface area (Å²) in [5.41, 5.74) is 6.23. The van der Waals surface area contributed by atoms with Gasteiger partial charge in [-0.15, -0.1) is 0 Å². The smallest absolute Gasteiger partial charge is 0.326 e. The quantitative estimate of drug-likeness (QED) is 0.506. The van der Waals surface area contributed by atoms with Gasteiger partial charge in [0.1, 0.15) is 0 Å². The number of allylic oxidation sites excluding steroid dienone is 4. The first-order valence-corrected chi connectivity index (χ1v) is 5.11. The molecule has 2 atom stereocenters. The van der Waals surface area contributed by atoms with E-state index in [1.807, 2.05) is 25.2 Å². The molecule has 0 amide bonds. The Morgan fingerprint density at radius 2 is 2.31 bits per heavy atom. The van der Waals surface area contributed by atoms with Crippen LogP contribution in [0.3, 0.4) is 0 Å². The lowest BCUT2D eigenvalue weighted by molar-refractivity contribution is -0.197. The maximum Gasteiger partial charge on any atom is 0.326 e. The van der Waals surface area contributed by atoms with Gasteiger partial charge in [0.15, 0.2) is 11.8 Å². The lowest BCUT2D eigenvalue weighted by atomic mass is 9.88. The van der Waals surface area contributed by atoms with Gasteiger partial charge in [-0.3, -0.25) is 4.79 Å². The van der Waals surface area contributed by atoms with Gasteiger partial charge < -0.3 is 21.1 Å². The molecular formula is C11H17NO4. The first-order chi connectivity index (χ1) is 7.33. The van der Waals surface area contributed by atoms with Crippen LogP contribution in [0.25, 0.3) is 0 Å². The molecular weight excluding hydrogens is 210 g/mol. The van der Waals surface area contributed by atoms with Crippen molar-refractivity contribution in [2.24, 2.45) is 11.7 Å². The third-order valence-corrected chi connectivity index (χ3v) is 2.64. The van der Waals surface area contributed by atoms with Crippen LogP contribution >= 0.6 is 0 Å². The summed E-state index contributed by atoms with van der Waals surface area (Å²) >= 11 is 0. The average Bonchev–Trinajstić information content (AvgIpc) is 2.15. The number of carboxylic acids is 1. The van der Waals surface area contributed by atoms with E-state index in [0.717, 1.165) is 5.57 Å². The third kappa shape index (κ3) is 3.16.